The number of morpholine rings is 1. The third-order valence-electron chi connectivity index (χ3n) is 5.36. The molecule has 1 heterocycles. The first-order valence-corrected chi connectivity index (χ1v) is 10.5. The van der Waals surface area contributed by atoms with Crippen LogP contribution in [0.5, 0.6) is 5.75 Å². The van der Waals surface area contributed by atoms with Crippen molar-refractivity contribution in [1.82, 2.24) is 10.3 Å². The van der Waals surface area contributed by atoms with Gasteiger partial charge in [0.05, 0.1) is 18.9 Å². The third-order valence-corrected chi connectivity index (χ3v) is 5.36. The van der Waals surface area contributed by atoms with Crippen LogP contribution in [0, 0.1) is 13.8 Å². The number of carbonyl (C=O) groups is 1. The van der Waals surface area contributed by atoms with Crippen molar-refractivity contribution in [2.75, 3.05) is 39.5 Å². The van der Waals surface area contributed by atoms with E-state index in [9.17, 15) is 4.79 Å². The maximum Gasteiger partial charge on any atom is 0.271 e. The lowest BCUT2D eigenvalue weighted by Crippen LogP contribution is -2.38. The van der Waals surface area contributed by atoms with E-state index < -0.39 is 0 Å². The molecule has 3 rings (SSSR count). The Labute approximate surface area is 178 Å². The molecule has 6 heteroatoms. The fourth-order valence-electron chi connectivity index (χ4n) is 3.27. The number of hydrazone groups is 1. The second kappa shape index (κ2) is 10.9. The Morgan fingerprint density at radius 2 is 1.77 bits per heavy atom. The summed E-state index contributed by atoms with van der Waals surface area (Å²) < 4.78 is 11.2. The van der Waals surface area contributed by atoms with Crippen LogP contribution in [0.3, 0.4) is 0 Å². The minimum atomic E-state index is -0.202. The smallest absolute Gasteiger partial charge is 0.271 e. The third kappa shape index (κ3) is 6.15. The number of nitrogens with one attached hydrogen (secondary N) is 1. The predicted molar refractivity (Wildman–Crippen MR) is 119 cm³/mol. The van der Waals surface area contributed by atoms with Crippen LogP contribution in [0.25, 0.3) is 0 Å². The first-order chi connectivity index (χ1) is 14.6. The predicted octanol–water partition coefficient (Wildman–Crippen LogP) is 3.56. The van der Waals surface area contributed by atoms with Crippen LogP contribution in [-0.4, -0.2) is 56.0 Å². The molecule has 1 amide bonds. The summed E-state index contributed by atoms with van der Waals surface area (Å²) in [6.07, 6.45) is 0.713. The van der Waals surface area contributed by atoms with Crippen molar-refractivity contribution >= 4 is 11.6 Å². The molecule has 0 radical (unpaired) electrons. The lowest BCUT2D eigenvalue weighted by atomic mass is 10.1. The summed E-state index contributed by atoms with van der Waals surface area (Å²) in [6, 6.07) is 13.5. The number of rotatable bonds is 8. The summed E-state index contributed by atoms with van der Waals surface area (Å²) in [5, 5.41) is 4.35. The zero-order valence-electron chi connectivity index (χ0n) is 18.1. The average molecular weight is 410 g/mol. The monoisotopic (exact) mass is 409 g/mol. The molecule has 1 aliphatic heterocycles. The van der Waals surface area contributed by atoms with Crippen molar-refractivity contribution in [3.63, 3.8) is 0 Å². The van der Waals surface area contributed by atoms with Crippen molar-refractivity contribution in [1.29, 1.82) is 0 Å². The Bertz CT molecular complexity index is 872. The van der Waals surface area contributed by atoms with Gasteiger partial charge in [0.25, 0.3) is 5.91 Å². The molecular formula is C24H31N3O3. The van der Waals surface area contributed by atoms with Crippen LogP contribution in [0.15, 0.2) is 47.6 Å². The van der Waals surface area contributed by atoms with E-state index in [0.29, 0.717) is 18.6 Å². The summed E-state index contributed by atoms with van der Waals surface area (Å²) in [5.74, 6) is 0.633. The van der Waals surface area contributed by atoms with E-state index in [1.807, 2.05) is 63.2 Å². The molecule has 0 spiro atoms. The van der Waals surface area contributed by atoms with Crippen molar-refractivity contribution in [3.05, 3.63) is 64.7 Å². The van der Waals surface area contributed by atoms with Gasteiger partial charge >= 0.3 is 0 Å². The Morgan fingerprint density at radius 3 is 2.43 bits per heavy atom. The molecule has 1 aliphatic rings. The number of nitrogens with zero attached hydrogens (tertiary/aromatic N) is 2. The summed E-state index contributed by atoms with van der Waals surface area (Å²) in [7, 11) is 0. The summed E-state index contributed by atoms with van der Waals surface area (Å²) in [6.45, 7) is 11.1. The van der Waals surface area contributed by atoms with Crippen molar-refractivity contribution < 1.29 is 14.3 Å². The fourth-order valence-corrected chi connectivity index (χ4v) is 3.27. The summed E-state index contributed by atoms with van der Waals surface area (Å²) in [4.78, 5) is 14.8. The van der Waals surface area contributed by atoms with Gasteiger partial charge in [0, 0.05) is 25.2 Å². The molecule has 1 saturated heterocycles. The van der Waals surface area contributed by atoms with Gasteiger partial charge in [0.15, 0.2) is 0 Å². The van der Waals surface area contributed by atoms with Crippen molar-refractivity contribution in [2.45, 2.75) is 27.2 Å². The van der Waals surface area contributed by atoms with Gasteiger partial charge in [-0.05, 0) is 73.4 Å². The Hall–Kier alpha value is -2.70. The standard InChI is InChI=1S/C24H31N3O3/c1-4-23(25-26-24(28)21-6-5-18(2)19(3)17-21)20-7-9-22(10-8-20)30-16-13-27-11-14-29-15-12-27/h5-10,17H,4,11-16H2,1-3H3,(H,26,28)/b25-23-. The van der Waals surface area contributed by atoms with E-state index in [2.05, 4.69) is 15.4 Å². The molecule has 0 unspecified atom stereocenters. The van der Waals surface area contributed by atoms with Crippen LogP contribution < -0.4 is 10.2 Å². The number of benzene rings is 2. The minimum Gasteiger partial charge on any atom is -0.492 e. The molecule has 0 saturated carbocycles. The van der Waals surface area contributed by atoms with Crippen molar-refractivity contribution in [3.8, 4) is 5.75 Å². The zero-order valence-corrected chi connectivity index (χ0v) is 18.1. The highest BCUT2D eigenvalue weighted by Crippen LogP contribution is 2.14. The lowest BCUT2D eigenvalue weighted by molar-refractivity contribution is 0.0322. The van der Waals surface area contributed by atoms with Crippen LogP contribution in [0.4, 0.5) is 0 Å². The number of amides is 1. The number of carbonyl (C=O) groups excluding carboxylic acids is 1. The Morgan fingerprint density at radius 1 is 1.07 bits per heavy atom. The minimum absolute atomic E-state index is 0.202. The van der Waals surface area contributed by atoms with Gasteiger partial charge in [-0.3, -0.25) is 9.69 Å². The maximum atomic E-state index is 12.4. The number of hydrogen-bond acceptors (Lipinski definition) is 5. The first-order valence-electron chi connectivity index (χ1n) is 10.5. The van der Waals surface area contributed by atoms with Crippen LogP contribution in [0.2, 0.25) is 0 Å². The summed E-state index contributed by atoms with van der Waals surface area (Å²) in [5.41, 5.74) is 7.34. The summed E-state index contributed by atoms with van der Waals surface area (Å²) >= 11 is 0. The van der Waals surface area contributed by atoms with Gasteiger partial charge in [0.2, 0.25) is 0 Å². The molecule has 0 atom stereocenters. The SMILES string of the molecule is CC/C(=N/NC(=O)c1ccc(C)c(C)c1)c1ccc(OCCN2CCOCC2)cc1. The van der Waals surface area contributed by atoms with Gasteiger partial charge in [-0.1, -0.05) is 13.0 Å². The molecular weight excluding hydrogens is 378 g/mol. The molecule has 2 aromatic carbocycles. The molecule has 2 aromatic rings. The zero-order chi connectivity index (χ0) is 21.3. The highest BCUT2D eigenvalue weighted by molar-refractivity contribution is 6.02. The van der Waals surface area contributed by atoms with Gasteiger partial charge in [-0.2, -0.15) is 5.10 Å². The highest BCUT2D eigenvalue weighted by atomic mass is 16.5. The molecule has 0 bridgehead atoms. The molecule has 0 aliphatic carbocycles. The van der Waals surface area contributed by atoms with E-state index >= 15 is 0 Å². The average Bonchev–Trinajstić information content (AvgIpc) is 2.77. The van der Waals surface area contributed by atoms with Gasteiger partial charge in [0.1, 0.15) is 12.4 Å². The Balaban J connectivity index is 1.54. The van der Waals surface area contributed by atoms with Gasteiger partial charge in [-0.25, -0.2) is 5.43 Å². The quantitative estimate of drug-likeness (QED) is 0.535. The highest BCUT2D eigenvalue weighted by Gasteiger charge is 2.10. The van der Waals surface area contributed by atoms with E-state index in [-0.39, 0.29) is 5.91 Å². The topological polar surface area (TPSA) is 63.2 Å². The molecule has 160 valence electrons. The normalized spacial score (nSPS) is 15.1. The molecule has 1 N–H and O–H groups in total. The van der Waals surface area contributed by atoms with Gasteiger partial charge in [-0.15, -0.1) is 0 Å². The van der Waals surface area contributed by atoms with E-state index in [4.69, 9.17) is 9.47 Å². The molecule has 30 heavy (non-hydrogen) atoms. The van der Waals surface area contributed by atoms with E-state index in [0.717, 1.165) is 61.0 Å². The maximum absolute atomic E-state index is 12.4. The molecule has 6 nitrogen and oxygen atoms in total. The van der Waals surface area contributed by atoms with Crippen LogP contribution >= 0.6 is 0 Å². The van der Waals surface area contributed by atoms with E-state index in [1.54, 1.807) is 0 Å². The molecule has 1 fully saturated rings. The fraction of sp³-hybridized carbons (Fsp3) is 0.417. The molecule has 0 aromatic heterocycles. The second-order valence-electron chi connectivity index (χ2n) is 7.48. The number of ether oxygens (including phenoxy) is 2. The van der Waals surface area contributed by atoms with Crippen molar-refractivity contribution in [2.24, 2.45) is 5.10 Å². The number of aryl methyl sites for hydroxylation is 2. The van der Waals surface area contributed by atoms with E-state index in [1.165, 1.54) is 0 Å². The Kier molecular flexibility index (Phi) is 7.99. The lowest BCUT2D eigenvalue weighted by Gasteiger charge is -2.26. The first kappa shape index (κ1) is 22.0. The van der Waals surface area contributed by atoms with Crippen LogP contribution in [0.1, 0.15) is 40.4 Å². The largest absolute Gasteiger partial charge is 0.492 e. The number of hydrogen-bond donors (Lipinski definition) is 1. The second-order valence-corrected chi connectivity index (χ2v) is 7.48. The van der Waals surface area contributed by atoms with Gasteiger partial charge < -0.3 is 9.47 Å². The van der Waals surface area contributed by atoms with Crippen LogP contribution in [-0.2, 0) is 4.74 Å².